The Bertz CT molecular complexity index is 842. The van der Waals surface area contributed by atoms with Crippen LogP contribution in [0.5, 0.6) is 0 Å². The molecule has 25 heavy (non-hydrogen) atoms. The molecular weight excluding hydrogens is 336 g/mol. The molecule has 0 unspecified atom stereocenters. The van der Waals surface area contributed by atoms with Gasteiger partial charge in [-0.1, -0.05) is 41.4 Å². The molecule has 2 rings (SSSR count). The van der Waals surface area contributed by atoms with Crippen LogP contribution in [-0.4, -0.2) is 21.7 Å². The highest BCUT2D eigenvalue weighted by Crippen LogP contribution is 2.23. The monoisotopic (exact) mass is 356 g/mol. The molecule has 2 aromatic rings. The number of rotatable bonds is 5. The third kappa shape index (κ3) is 4.71. The number of aromatic nitrogens is 2. The van der Waals surface area contributed by atoms with Gasteiger partial charge < -0.3 is 5.32 Å². The van der Waals surface area contributed by atoms with E-state index in [-0.39, 0.29) is 11.6 Å². The van der Waals surface area contributed by atoms with E-state index in [1.807, 2.05) is 51.1 Å². The molecule has 0 aliphatic rings. The number of nitrogens with zero attached hydrogens (tertiary/aromatic N) is 3. The number of carbonyl (C=O) groups is 1. The lowest BCUT2D eigenvalue weighted by atomic mass is 10.1. The Morgan fingerprint density at radius 3 is 2.56 bits per heavy atom. The number of hydrogen-bond acceptors (Lipinski definition) is 3. The number of halogens is 1. The van der Waals surface area contributed by atoms with Crippen LogP contribution in [0, 0.1) is 25.2 Å². The van der Waals surface area contributed by atoms with Gasteiger partial charge in [-0.05, 0) is 39.3 Å². The highest BCUT2D eigenvalue weighted by molar-refractivity contribution is 6.31. The van der Waals surface area contributed by atoms with Crippen molar-refractivity contribution in [2.45, 2.75) is 40.3 Å². The van der Waals surface area contributed by atoms with Gasteiger partial charge in [-0.25, -0.2) is 4.68 Å². The van der Waals surface area contributed by atoms with Crippen LogP contribution < -0.4 is 5.32 Å². The fraction of sp³-hybridized carbons (Fsp3) is 0.316. The highest BCUT2D eigenvalue weighted by atomic mass is 35.5. The second-order valence-electron chi connectivity index (χ2n) is 6.23. The summed E-state index contributed by atoms with van der Waals surface area (Å²) in [7, 11) is 0. The van der Waals surface area contributed by atoms with Crippen molar-refractivity contribution in [2.75, 3.05) is 0 Å². The maximum Gasteiger partial charge on any atom is 0.262 e. The molecule has 1 amide bonds. The zero-order valence-corrected chi connectivity index (χ0v) is 15.6. The van der Waals surface area contributed by atoms with E-state index in [1.165, 1.54) is 11.6 Å². The van der Waals surface area contributed by atoms with Gasteiger partial charge in [0.1, 0.15) is 16.8 Å². The first kappa shape index (κ1) is 18.8. The number of hydrogen-bond donors (Lipinski definition) is 1. The minimum atomic E-state index is -0.417. The van der Waals surface area contributed by atoms with Gasteiger partial charge in [0.2, 0.25) is 0 Å². The summed E-state index contributed by atoms with van der Waals surface area (Å²) in [5, 5.41) is 16.8. The average Bonchev–Trinajstić information content (AvgIpc) is 2.80. The first-order valence-corrected chi connectivity index (χ1v) is 8.40. The van der Waals surface area contributed by atoms with E-state index in [0.29, 0.717) is 23.0 Å². The molecule has 130 valence electrons. The Hall–Kier alpha value is -2.58. The van der Waals surface area contributed by atoms with Gasteiger partial charge in [0.25, 0.3) is 5.91 Å². The lowest BCUT2D eigenvalue weighted by molar-refractivity contribution is -0.117. The van der Waals surface area contributed by atoms with Crippen molar-refractivity contribution < 1.29 is 4.79 Å². The smallest absolute Gasteiger partial charge is 0.262 e. The van der Waals surface area contributed by atoms with Crippen molar-refractivity contribution >= 4 is 23.6 Å². The van der Waals surface area contributed by atoms with Gasteiger partial charge in [0, 0.05) is 11.6 Å². The summed E-state index contributed by atoms with van der Waals surface area (Å²) in [6.45, 7) is 8.03. The van der Waals surface area contributed by atoms with Crippen LogP contribution in [0.25, 0.3) is 6.08 Å². The number of amides is 1. The normalized spacial score (nSPS) is 11.5. The molecule has 0 radical (unpaired) electrons. The molecule has 0 saturated heterocycles. The Labute approximate surface area is 152 Å². The summed E-state index contributed by atoms with van der Waals surface area (Å²) in [5.41, 5.74) is 3.52. The summed E-state index contributed by atoms with van der Waals surface area (Å²) in [5.74, 6) is -0.417. The van der Waals surface area contributed by atoms with E-state index < -0.39 is 5.91 Å². The predicted octanol–water partition coefficient (Wildman–Crippen LogP) is 3.63. The highest BCUT2D eigenvalue weighted by Gasteiger charge is 2.16. The van der Waals surface area contributed by atoms with Crippen molar-refractivity contribution in [3.8, 4) is 6.07 Å². The molecule has 0 bridgehead atoms. The minimum absolute atomic E-state index is 0.00795. The average molecular weight is 357 g/mol. The standard InChI is InChI=1S/C19H21ClN4O/c1-12(2)22-19(25)16(10-21)9-17-14(4)23-24(18(17)20)11-15-7-5-13(3)6-8-15/h5-9,12H,11H2,1-4H3,(H,22,25)/b16-9+. The van der Waals surface area contributed by atoms with Crippen molar-refractivity contribution in [1.29, 1.82) is 5.26 Å². The van der Waals surface area contributed by atoms with Crippen molar-refractivity contribution in [3.05, 3.63) is 57.4 Å². The molecule has 0 spiro atoms. The summed E-state index contributed by atoms with van der Waals surface area (Å²) in [6.07, 6.45) is 1.49. The Morgan fingerprint density at radius 1 is 1.36 bits per heavy atom. The summed E-state index contributed by atoms with van der Waals surface area (Å²) in [4.78, 5) is 12.1. The van der Waals surface area contributed by atoms with E-state index >= 15 is 0 Å². The number of aryl methyl sites for hydroxylation is 2. The van der Waals surface area contributed by atoms with Gasteiger partial charge in [-0.15, -0.1) is 0 Å². The summed E-state index contributed by atoms with van der Waals surface area (Å²) < 4.78 is 1.67. The predicted molar refractivity (Wildman–Crippen MR) is 99.1 cm³/mol. The molecule has 1 heterocycles. The Balaban J connectivity index is 2.32. The van der Waals surface area contributed by atoms with E-state index in [9.17, 15) is 10.1 Å². The molecule has 5 nitrogen and oxygen atoms in total. The lowest BCUT2D eigenvalue weighted by Crippen LogP contribution is -2.30. The van der Waals surface area contributed by atoms with Gasteiger partial charge in [-0.2, -0.15) is 10.4 Å². The molecule has 0 saturated carbocycles. The topological polar surface area (TPSA) is 70.7 Å². The zero-order chi connectivity index (χ0) is 18.6. The zero-order valence-electron chi connectivity index (χ0n) is 14.8. The first-order valence-electron chi connectivity index (χ1n) is 8.03. The Morgan fingerprint density at radius 2 is 2.00 bits per heavy atom. The summed E-state index contributed by atoms with van der Waals surface area (Å²) >= 11 is 6.44. The summed E-state index contributed by atoms with van der Waals surface area (Å²) in [6, 6.07) is 9.99. The second-order valence-corrected chi connectivity index (χ2v) is 6.59. The molecule has 0 fully saturated rings. The van der Waals surface area contributed by atoms with E-state index in [1.54, 1.807) is 11.6 Å². The number of carbonyl (C=O) groups excluding carboxylic acids is 1. The van der Waals surface area contributed by atoms with E-state index in [4.69, 9.17) is 11.6 Å². The van der Waals surface area contributed by atoms with Crippen molar-refractivity contribution in [2.24, 2.45) is 0 Å². The van der Waals surface area contributed by atoms with Crippen molar-refractivity contribution in [3.63, 3.8) is 0 Å². The molecule has 1 aromatic carbocycles. The number of benzene rings is 1. The van der Waals surface area contributed by atoms with Crippen LogP contribution in [0.1, 0.15) is 36.2 Å². The van der Waals surface area contributed by atoms with Crippen LogP contribution in [0.2, 0.25) is 5.15 Å². The molecule has 0 aliphatic heterocycles. The third-order valence-corrected chi connectivity index (χ3v) is 4.03. The van der Waals surface area contributed by atoms with Crippen LogP contribution >= 0.6 is 11.6 Å². The molecular formula is C19H21ClN4O. The van der Waals surface area contributed by atoms with Crippen molar-refractivity contribution in [1.82, 2.24) is 15.1 Å². The minimum Gasteiger partial charge on any atom is -0.349 e. The van der Waals surface area contributed by atoms with Gasteiger partial charge in [0.05, 0.1) is 12.2 Å². The fourth-order valence-corrected chi connectivity index (χ4v) is 2.62. The van der Waals surface area contributed by atoms with E-state index in [2.05, 4.69) is 10.4 Å². The number of nitriles is 1. The largest absolute Gasteiger partial charge is 0.349 e. The van der Waals surface area contributed by atoms with Crippen LogP contribution in [-0.2, 0) is 11.3 Å². The van der Waals surface area contributed by atoms with Gasteiger partial charge in [-0.3, -0.25) is 4.79 Å². The maximum absolute atomic E-state index is 12.1. The van der Waals surface area contributed by atoms with Crippen LogP contribution in [0.3, 0.4) is 0 Å². The van der Waals surface area contributed by atoms with E-state index in [0.717, 1.165) is 5.56 Å². The van der Waals surface area contributed by atoms with Crippen LogP contribution in [0.4, 0.5) is 0 Å². The third-order valence-electron chi connectivity index (χ3n) is 3.64. The van der Waals surface area contributed by atoms with Crippen LogP contribution in [0.15, 0.2) is 29.8 Å². The number of nitrogens with one attached hydrogen (secondary N) is 1. The molecule has 1 N–H and O–H groups in total. The Kier molecular flexibility index (Phi) is 6.00. The van der Waals surface area contributed by atoms with Gasteiger partial charge >= 0.3 is 0 Å². The molecule has 0 aliphatic carbocycles. The van der Waals surface area contributed by atoms with Gasteiger partial charge in [0.15, 0.2) is 0 Å². The molecule has 0 atom stereocenters. The lowest BCUT2D eigenvalue weighted by Gasteiger charge is -2.07. The maximum atomic E-state index is 12.1. The second kappa shape index (κ2) is 8.00. The molecule has 1 aromatic heterocycles. The fourth-order valence-electron chi connectivity index (χ4n) is 2.34. The quantitative estimate of drug-likeness (QED) is 0.656. The molecule has 6 heteroatoms. The SMILES string of the molecule is Cc1ccc(Cn2nc(C)c(/C=C(\C#N)C(=O)NC(C)C)c2Cl)cc1. The first-order chi connectivity index (χ1) is 11.8.